The molecule has 0 aliphatic rings. The molecule has 0 fully saturated rings. The van der Waals surface area contributed by atoms with Crippen molar-refractivity contribution in [1.82, 2.24) is 9.55 Å². The van der Waals surface area contributed by atoms with E-state index in [1.165, 1.54) is 17.3 Å². The van der Waals surface area contributed by atoms with Crippen LogP contribution in [0.3, 0.4) is 0 Å². The van der Waals surface area contributed by atoms with E-state index in [0.29, 0.717) is 22.2 Å². The van der Waals surface area contributed by atoms with Crippen LogP contribution in [0.15, 0.2) is 94.9 Å². The van der Waals surface area contributed by atoms with Gasteiger partial charge in [0.15, 0.2) is 5.78 Å². The first-order valence-corrected chi connectivity index (χ1v) is 13.9. The highest BCUT2D eigenvalue weighted by molar-refractivity contribution is 7.98. The third-order valence-electron chi connectivity index (χ3n) is 5.62. The van der Waals surface area contributed by atoms with Gasteiger partial charge in [0.25, 0.3) is 0 Å². The van der Waals surface area contributed by atoms with Gasteiger partial charge in [-0.25, -0.2) is 4.98 Å². The molecule has 3 aromatic carbocycles. The van der Waals surface area contributed by atoms with Crippen LogP contribution in [-0.4, -0.2) is 31.6 Å². The second-order valence-electron chi connectivity index (χ2n) is 8.01. The minimum Gasteiger partial charge on any atom is -0.320 e. The molecule has 0 radical (unpaired) electrons. The molecule has 0 saturated heterocycles. The van der Waals surface area contributed by atoms with Gasteiger partial charge in [-0.15, -0.1) is 11.8 Å². The highest BCUT2D eigenvalue weighted by atomic mass is 32.2. The number of aryl methyl sites for hydroxylation is 1. The molecule has 0 aliphatic carbocycles. The van der Waals surface area contributed by atoms with Crippen LogP contribution in [0, 0.1) is 0 Å². The summed E-state index contributed by atoms with van der Waals surface area (Å²) < 4.78 is 14.9. The number of benzene rings is 3. The Hall–Kier alpha value is -2.96. The van der Waals surface area contributed by atoms with Crippen LogP contribution in [0.2, 0.25) is 0 Å². The number of carbonyl (C=O) groups excluding carboxylic acids is 1. The Kier molecular flexibility index (Phi) is 8.14. The van der Waals surface area contributed by atoms with Gasteiger partial charge in [0.2, 0.25) is 0 Å². The summed E-state index contributed by atoms with van der Waals surface area (Å²) in [5, 5.41) is 0.708. The summed E-state index contributed by atoms with van der Waals surface area (Å²) in [6, 6.07) is 27.9. The van der Waals surface area contributed by atoms with Crippen molar-refractivity contribution in [2.75, 3.05) is 12.0 Å². The predicted octanol–water partition coefficient (Wildman–Crippen LogP) is 6.26. The normalized spacial score (nSPS) is 11.9. The molecule has 0 aliphatic heterocycles. The highest BCUT2D eigenvalue weighted by Gasteiger charge is 2.24. The van der Waals surface area contributed by atoms with E-state index in [-0.39, 0.29) is 11.5 Å². The van der Waals surface area contributed by atoms with Crippen molar-refractivity contribution >= 4 is 28.3 Å². The van der Waals surface area contributed by atoms with Crippen LogP contribution in [-0.2, 0) is 23.8 Å². The van der Waals surface area contributed by atoms with Crippen molar-refractivity contribution in [3.63, 3.8) is 0 Å². The second kappa shape index (κ2) is 11.4. The Morgan fingerprint density at radius 3 is 2.15 bits per heavy atom. The fraction of sp³-hybridized carbons (Fsp3) is 0.214. The van der Waals surface area contributed by atoms with Crippen LogP contribution in [0.25, 0.3) is 11.1 Å². The Bertz CT molecular complexity index is 1270. The van der Waals surface area contributed by atoms with Gasteiger partial charge in [0.05, 0.1) is 16.6 Å². The molecule has 0 saturated carbocycles. The molecule has 34 heavy (non-hydrogen) atoms. The topological polar surface area (TPSA) is 52.0 Å². The van der Waals surface area contributed by atoms with Crippen molar-refractivity contribution < 1.29 is 9.00 Å². The lowest BCUT2D eigenvalue weighted by molar-refractivity contribution is 0.101. The van der Waals surface area contributed by atoms with Crippen LogP contribution in [0.1, 0.15) is 35.2 Å². The quantitative estimate of drug-likeness (QED) is 0.195. The van der Waals surface area contributed by atoms with Gasteiger partial charge in [0.1, 0.15) is 16.5 Å². The first-order valence-electron chi connectivity index (χ1n) is 11.3. The molecule has 4 rings (SSSR count). The number of hydrogen-bond acceptors (Lipinski definition) is 4. The monoisotopic (exact) mass is 488 g/mol. The van der Waals surface area contributed by atoms with Crippen LogP contribution < -0.4 is 0 Å². The van der Waals surface area contributed by atoms with E-state index in [9.17, 15) is 9.00 Å². The number of ketones is 1. The van der Waals surface area contributed by atoms with Gasteiger partial charge in [-0.3, -0.25) is 9.00 Å². The van der Waals surface area contributed by atoms with Gasteiger partial charge < -0.3 is 4.57 Å². The van der Waals surface area contributed by atoms with Crippen LogP contribution in [0.4, 0.5) is 0 Å². The smallest absolute Gasteiger partial charge is 0.194 e. The predicted molar refractivity (Wildman–Crippen MR) is 141 cm³/mol. The van der Waals surface area contributed by atoms with E-state index in [0.717, 1.165) is 29.8 Å². The van der Waals surface area contributed by atoms with Gasteiger partial charge in [0, 0.05) is 17.9 Å². The Morgan fingerprint density at radius 1 is 0.912 bits per heavy atom. The number of rotatable bonds is 10. The van der Waals surface area contributed by atoms with E-state index in [1.54, 1.807) is 12.1 Å². The number of aromatic nitrogens is 2. The van der Waals surface area contributed by atoms with Gasteiger partial charge in [-0.05, 0) is 41.5 Å². The third kappa shape index (κ3) is 5.57. The second-order valence-corrected chi connectivity index (χ2v) is 10.3. The van der Waals surface area contributed by atoms with E-state index < -0.39 is 10.8 Å². The molecule has 0 N–H and O–H groups in total. The molecule has 174 valence electrons. The zero-order chi connectivity index (χ0) is 23.9. The largest absolute Gasteiger partial charge is 0.320 e. The zero-order valence-electron chi connectivity index (χ0n) is 19.4. The molecule has 1 unspecified atom stereocenters. The molecule has 0 spiro atoms. The Morgan fingerprint density at radius 2 is 1.53 bits per heavy atom. The SMILES string of the molecule is CCCc1nc(SC)c(C(=O)CS(=O)c2ccccc2)n1Cc1ccc(-c2ccccc2)cc1. The van der Waals surface area contributed by atoms with E-state index >= 15 is 0 Å². The fourth-order valence-corrected chi connectivity index (χ4v) is 5.55. The molecule has 0 amide bonds. The maximum Gasteiger partial charge on any atom is 0.194 e. The molecule has 1 atom stereocenters. The van der Waals surface area contributed by atoms with E-state index in [4.69, 9.17) is 4.98 Å². The summed E-state index contributed by atoms with van der Waals surface area (Å²) in [6.07, 6.45) is 3.65. The number of nitrogens with zero attached hydrogens (tertiary/aromatic N) is 2. The Labute approximate surface area is 207 Å². The lowest BCUT2D eigenvalue weighted by Gasteiger charge is -2.13. The lowest BCUT2D eigenvalue weighted by Crippen LogP contribution is -2.18. The minimum absolute atomic E-state index is 0.0538. The first kappa shape index (κ1) is 24.2. The highest BCUT2D eigenvalue weighted by Crippen LogP contribution is 2.26. The van der Waals surface area contributed by atoms with Crippen molar-refractivity contribution in [3.05, 3.63) is 102 Å². The van der Waals surface area contributed by atoms with Gasteiger partial charge >= 0.3 is 0 Å². The molecule has 0 bridgehead atoms. The average Bonchev–Trinajstić information content (AvgIpc) is 3.22. The fourth-order valence-electron chi connectivity index (χ4n) is 3.93. The first-order chi connectivity index (χ1) is 16.6. The summed E-state index contributed by atoms with van der Waals surface area (Å²) >= 11 is 1.47. The maximum absolute atomic E-state index is 13.4. The van der Waals surface area contributed by atoms with Crippen LogP contribution >= 0.6 is 11.8 Å². The van der Waals surface area contributed by atoms with E-state index in [1.807, 2.05) is 47.2 Å². The standard InChI is InChI=1S/C28H28N2O2S2/c1-3-10-26-29-28(33-2)27(25(31)20-34(32)24-13-8-5-9-14-24)30(26)19-21-15-17-23(18-16-21)22-11-6-4-7-12-22/h4-9,11-18H,3,10,19-20H2,1-2H3. The molecule has 4 nitrogen and oxygen atoms in total. The number of hydrogen-bond donors (Lipinski definition) is 0. The van der Waals surface area contributed by atoms with E-state index in [2.05, 4.69) is 43.3 Å². The molecule has 4 aromatic rings. The number of imidazole rings is 1. The Balaban J connectivity index is 1.64. The van der Waals surface area contributed by atoms with Crippen molar-refractivity contribution in [1.29, 1.82) is 0 Å². The summed E-state index contributed by atoms with van der Waals surface area (Å²) in [7, 11) is -1.40. The molecule has 1 aromatic heterocycles. The van der Waals surface area contributed by atoms with Crippen molar-refractivity contribution in [2.45, 2.75) is 36.2 Å². The number of Topliss-reactive ketones (excluding diaryl/α,β-unsaturated/α-hetero) is 1. The lowest BCUT2D eigenvalue weighted by atomic mass is 10.0. The molecular weight excluding hydrogens is 460 g/mol. The third-order valence-corrected chi connectivity index (χ3v) is 7.61. The van der Waals surface area contributed by atoms with Crippen molar-refractivity contribution in [3.8, 4) is 11.1 Å². The average molecular weight is 489 g/mol. The number of thioether (sulfide) groups is 1. The van der Waals surface area contributed by atoms with Gasteiger partial charge in [-0.1, -0.05) is 79.7 Å². The summed E-state index contributed by atoms with van der Waals surface area (Å²) in [5.74, 6) is 0.706. The van der Waals surface area contributed by atoms with Crippen LogP contribution in [0.5, 0.6) is 0 Å². The summed E-state index contributed by atoms with van der Waals surface area (Å²) in [6.45, 7) is 2.66. The minimum atomic E-state index is -1.40. The molecular formula is C28H28N2O2S2. The maximum atomic E-state index is 13.4. The van der Waals surface area contributed by atoms with Gasteiger partial charge in [-0.2, -0.15) is 0 Å². The number of carbonyl (C=O) groups is 1. The zero-order valence-corrected chi connectivity index (χ0v) is 21.1. The molecule has 6 heteroatoms. The van der Waals surface area contributed by atoms with Crippen molar-refractivity contribution in [2.24, 2.45) is 0 Å². The summed E-state index contributed by atoms with van der Waals surface area (Å²) in [4.78, 5) is 18.9. The summed E-state index contributed by atoms with van der Waals surface area (Å²) in [5.41, 5.74) is 3.99. The molecule has 1 heterocycles.